The Morgan fingerprint density at radius 3 is 2.70 bits per heavy atom. The number of carbonyl (C=O) groups excluding carboxylic acids is 1. The van der Waals surface area contributed by atoms with Gasteiger partial charge < -0.3 is 14.5 Å². The lowest BCUT2D eigenvalue weighted by atomic mass is 9.95. The highest BCUT2D eigenvalue weighted by Gasteiger charge is 2.33. The first kappa shape index (κ1) is 19.4. The largest absolute Gasteiger partial charge is 0.378 e. The number of carbonyl (C=O) groups is 1. The van der Waals surface area contributed by atoms with E-state index in [-0.39, 0.29) is 11.8 Å². The van der Waals surface area contributed by atoms with Gasteiger partial charge in [0.1, 0.15) is 4.83 Å². The van der Waals surface area contributed by atoms with Crippen LogP contribution in [-0.4, -0.2) is 65.2 Å². The first-order valence-corrected chi connectivity index (χ1v) is 11.2. The number of pyridine rings is 1. The SMILES string of the molecule is Cc1cc(C)nc(N2CC[C@@H](c3c(C(=O)N4CCOCC4)sc4ncccc34)C2)n1. The Morgan fingerprint density at radius 2 is 1.93 bits per heavy atom. The molecule has 2 aliphatic heterocycles. The van der Waals surface area contributed by atoms with Crippen LogP contribution >= 0.6 is 11.3 Å². The van der Waals surface area contributed by atoms with E-state index < -0.39 is 0 Å². The van der Waals surface area contributed by atoms with E-state index in [4.69, 9.17) is 4.74 Å². The van der Waals surface area contributed by atoms with Crippen molar-refractivity contribution in [2.24, 2.45) is 0 Å². The molecule has 1 atom stereocenters. The van der Waals surface area contributed by atoms with E-state index in [2.05, 4.69) is 25.9 Å². The van der Waals surface area contributed by atoms with Gasteiger partial charge in [-0.2, -0.15) is 0 Å². The van der Waals surface area contributed by atoms with Gasteiger partial charge in [0.15, 0.2) is 0 Å². The fraction of sp³-hybridized carbons (Fsp3) is 0.455. The molecule has 0 aromatic carbocycles. The van der Waals surface area contributed by atoms with Crippen molar-refractivity contribution in [1.82, 2.24) is 19.9 Å². The summed E-state index contributed by atoms with van der Waals surface area (Å²) in [4.78, 5) is 33.2. The molecule has 30 heavy (non-hydrogen) atoms. The lowest BCUT2D eigenvalue weighted by molar-refractivity contribution is 0.0305. The topological polar surface area (TPSA) is 71.5 Å². The zero-order valence-corrected chi connectivity index (χ0v) is 18.1. The predicted octanol–water partition coefficient (Wildman–Crippen LogP) is 3.17. The molecule has 7 nitrogen and oxygen atoms in total. The highest BCUT2D eigenvalue weighted by molar-refractivity contribution is 7.20. The van der Waals surface area contributed by atoms with E-state index in [9.17, 15) is 4.79 Å². The first-order valence-electron chi connectivity index (χ1n) is 10.4. The Kier molecular flexibility index (Phi) is 5.12. The molecular weight excluding hydrogens is 398 g/mol. The second-order valence-electron chi connectivity index (χ2n) is 7.99. The molecule has 5 rings (SSSR count). The van der Waals surface area contributed by atoms with Gasteiger partial charge in [0.2, 0.25) is 5.95 Å². The van der Waals surface area contributed by atoms with Gasteiger partial charge in [-0.25, -0.2) is 15.0 Å². The maximum atomic E-state index is 13.4. The summed E-state index contributed by atoms with van der Waals surface area (Å²) in [5, 5.41) is 1.10. The molecule has 0 radical (unpaired) electrons. The number of morpholine rings is 1. The van der Waals surface area contributed by atoms with E-state index in [1.807, 2.05) is 30.9 Å². The first-order chi connectivity index (χ1) is 14.6. The van der Waals surface area contributed by atoms with Crippen molar-refractivity contribution in [2.45, 2.75) is 26.2 Å². The second-order valence-corrected chi connectivity index (χ2v) is 8.99. The van der Waals surface area contributed by atoms with Crippen molar-refractivity contribution < 1.29 is 9.53 Å². The fourth-order valence-electron chi connectivity index (χ4n) is 4.45. The molecule has 3 aromatic rings. The zero-order valence-electron chi connectivity index (χ0n) is 17.3. The van der Waals surface area contributed by atoms with Crippen LogP contribution in [0.15, 0.2) is 24.4 Å². The van der Waals surface area contributed by atoms with Gasteiger partial charge in [-0.1, -0.05) is 6.07 Å². The molecule has 2 saturated heterocycles. The molecule has 1 amide bonds. The number of anilines is 1. The molecule has 156 valence electrons. The number of rotatable bonds is 3. The van der Waals surface area contributed by atoms with Gasteiger partial charge in [-0.05, 0) is 38.0 Å². The van der Waals surface area contributed by atoms with Crippen LogP contribution in [0.25, 0.3) is 10.2 Å². The van der Waals surface area contributed by atoms with Gasteiger partial charge in [-0.3, -0.25) is 4.79 Å². The summed E-state index contributed by atoms with van der Waals surface area (Å²) in [6.07, 6.45) is 2.77. The third-order valence-electron chi connectivity index (χ3n) is 5.85. The summed E-state index contributed by atoms with van der Waals surface area (Å²) in [5.41, 5.74) is 3.11. The number of nitrogens with zero attached hydrogens (tertiary/aromatic N) is 5. The molecule has 5 heterocycles. The van der Waals surface area contributed by atoms with Crippen LogP contribution in [0.3, 0.4) is 0 Å². The van der Waals surface area contributed by atoms with Crippen LogP contribution in [-0.2, 0) is 4.74 Å². The van der Waals surface area contributed by atoms with Crippen molar-refractivity contribution in [2.75, 3.05) is 44.3 Å². The Hall–Kier alpha value is -2.58. The summed E-state index contributed by atoms with van der Waals surface area (Å²) in [5.74, 6) is 1.15. The lowest BCUT2D eigenvalue weighted by Gasteiger charge is -2.27. The molecular formula is C22H25N5O2S. The minimum Gasteiger partial charge on any atom is -0.378 e. The zero-order chi connectivity index (χ0) is 20.7. The third kappa shape index (κ3) is 3.54. The van der Waals surface area contributed by atoms with Gasteiger partial charge in [0.05, 0.1) is 18.1 Å². The van der Waals surface area contributed by atoms with Crippen molar-refractivity contribution in [3.63, 3.8) is 0 Å². The molecule has 0 aliphatic carbocycles. The minimum atomic E-state index is 0.109. The van der Waals surface area contributed by atoms with Gasteiger partial charge >= 0.3 is 0 Å². The fourth-order valence-corrected chi connectivity index (χ4v) is 5.65. The Bertz CT molecular complexity index is 1070. The number of amides is 1. The highest BCUT2D eigenvalue weighted by Crippen LogP contribution is 2.40. The number of aryl methyl sites for hydroxylation is 2. The average Bonchev–Trinajstić information content (AvgIpc) is 3.38. The molecule has 8 heteroatoms. The minimum absolute atomic E-state index is 0.109. The van der Waals surface area contributed by atoms with Crippen LogP contribution in [0.1, 0.15) is 39.0 Å². The summed E-state index contributed by atoms with van der Waals surface area (Å²) >= 11 is 1.52. The Labute approximate surface area is 179 Å². The third-order valence-corrected chi connectivity index (χ3v) is 6.96. The number of ether oxygens (including phenoxy) is 1. The van der Waals surface area contributed by atoms with Crippen LogP contribution < -0.4 is 4.90 Å². The monoisotopic (exact) mass is 423 g/mol. The molecule has 0 unspecified atom stereocenters. The molecule has 3 aromatic heterocycles. The summed E-state index contributed by atoms with van der Waals surface area (Å²) in [6.45, 7) is 8.20. The quantitative estimate of drug-likeness (QED) is 0.644. The average molecular weight is 424 g/mol. The van der Waals surface area contributed by atoms with Gasteiger partial charge in [0, 0.05) is 55.1 Å². The number of fused-ring (bicyclic) bond motifs is 1. The molecule has 0 N–H and O–H groups in total. The van der Waals surface area contributed by atoms with E-state index in [0.29, 0.717) is 26.3 Å². The molecule has 2 fully saturated rings. The number of aromatic nitrogens is 3. The molecule has 0 spiro atoms. The van der Waals surface area contributed by atoms with Gasteiger partial charge in [0.25, 0.3) is 5.91 Å². The van der Waals surface area contributed by atoms with Crippen molar-refractivity contribution in [3.05, 3.63) is 46.2 Å². The standard InChI is InChI=1S/C22H25N5O2S/c1-14-12-15(2)25-22(24-14)27-7-5-16(13-27)18-17-4-3-6-23-20(17)30-19(18)21(28)26-8-10-29-11-9-26/h3-4,6,12,16H,5,7-11,13H2,1-2H3/t16-/m1/s1. The maximum absolute atomic E-state index is 13.4. The highest BCUT2D eigenvalue weighted by atomic mass is 32.1. The summed E-state index contributed by atoms with van der Waals surface area (Å²) in [7, 11) is 0. The van der Waals surface area contributed by atoms with Gasteiger partial charge in [-0.15, -0.1) is 11.3 Å². The summed E-state index contributed by atoms with van der Waals surface area (Å²) < 4.78 is 5.43. The van der Waals surface area contributed by atoms with E-state index in [1.54, 1.807) is 6.20 Å². The van der Waals surface area contributed by atoms with Crippen LogP contribution in [0.5, 0.6) is 0 Å². The van der Waals surface area contributed by atoms with E-state index in [0.717, 1.165) is 57.5 Å². The normalized spacial score (nSPS) is 19.6. The number of hydrogen-bond acceptors (Lipinski definition) is 7. The number of hydrogen-bond donors (Lipinski definition) is 0. The molecule has 0 bridgehead atoms. The number of thiophene rings is 1. The maximum Gasteiger partial charge on any atom is 0.264 e. The van der Waals surface area contributed by atoms with E-state index >= 15 is 0 Å². The van der Waals surface area contributed by atoms with Crippen molar-refractivity contribution in [1.29, 1.82) is 0 Å². The second kappa shape index (κ2) is 7.92. The van der Waals surface area contributed by atoms with Crippen LogP contribution in [0, 0.1) is 13.8 Å². The van der Waals surface area contributed by atoms with Crippen LogP contribution in [0.4, 0.5) is 5.95 Å². The Balaban J connectivity index is 1.49. The van der Waals surface area contributed by atoms with Crippen molar-refractivity contribution in [3.8, 4) is 0 Å². The predicted molar refractivity (Wildman–Crippen MR) is 117 cm³/mol. The molecule has 0 saturated carbocycles. The summed E-state index contributed by atoms with van der Waals surface area (Å²) in [6, 6.07) is 6.05. The smallest absolute Gasteiger partial charge is 0.264 e. The van der Waals surface area contributed by atoms with Crippen LogP contribution in [0.2, 0.25) is 0 Å². The Morgan fingerprint density at radius 1 is 1.17 bits per heavy atom. The lowest BCUT2D eigenvalue weighted by Crippen LogP contribution is -2.40. The van der Waals surface area contributed by atoms with E-state index in [1.165, 1.54) is 11.3 Å². The van der Waals surface area contributed by atoms with Crippen molar-refractivity contribution >= 4 is 33.4 Å². The molecule has 2 aliphatic rings.